The highest BCUT2D eigenvalue weighted by molar-refractivity contribution is 8.18. The van der Waals surface area contributed by atoms with Gasteiger partial charge < -0.3 is 14.8 Å². The Bertz CT molecular complexity index is 1300. The van der Waals surface area contributed by atoms with Gasteiger partial charge in [0.1, 0.15) is 18.1 Å². The number of thioether (sulfide) groups is 1. The Morgan fingerprint density at radius 1 is 1.09 bits per heavy atom. The van der Waals surface area contributed by atoms with Crippen molar-refractivity contribution in [3.63, 3.8) is 0 Å². The largest absolute Gasteiger partial charge is 0.478 e. The normalized spacial score (nSPS) is 14.7. The van der Waals surface area contributed by atoms with E-state index in [0.717, 1.165) is 4.90 Å². The van der Waals surface area contributed by atoms with E-state index in [-0.39, 0.29) is 16.2 Å². The third kappa shape index (κ3) is 5.00. The average molecular weight is 483 g/mol. The summed E-state index contributed by atoms with van der Waals surface area (Å²) >= 11 is 6.86. The standard InChI is InChI=1S/C23H15ClN2O6S/c24-17-8-6-13(22(29)30)10-16(17)18-9-7-15(32-18)11-19-21(28)26(23(31)33-19)12-20(27)25-14-4-2-1-3-5-14/h1-11H,12H2,(H,25,27)(H,29,30)/b19-11-. The summed E-state index contributed by atoms with van der Waals surface area (Å²) in [6, 6.07) is 16.0. The number of nitrogens with one attached hydrogen (secondary N) is 1. The van der Waals surface area contributed by atoms with Crippen LogP contribution in [-0.2, 0) is 9.59 Å². The molecule has 8 nitrogen and oxygen atoms in total. The van der Waals surface area contributed by atoms with E-state index >= 15 is 0 Å². The molecule has 1 aliphatic heterocycles. The first-order valence-corrected chi connectivity index (χ1v) is 10.7. The van der Waals surface area contributed by atoms with Crippen LogP contribution in [0, 0.1) is 0 Å². The third-order valence-corrected chi connectivity index (χ3v) is 5.85. The predicted octanol–water partition coefficient (Wildman–Crippen LogP) is 4.97. The first kappa shape index (κ1) is 22.4. The summed E-state index contributed by atoms with van der Waals surface area (Å²) in [5.41, 5.74) is 0.975. The van der Waals surface area contributed by atoms with Gasteiger partial charge in [-0.3, -0.25) is 19.3 Å². The monoisotopic (exact) mass is 482 g/mol. The molecular weight excluding hydrogens is 468 g/mol. The van der Waals surface area contributed by atoms with Crippen LogP contribution in [-0.4, -0.2) is 39.6 Å². The molecule has 10 heteroatoms. The molecule has 3 amide bonds. The zero-order valence-electron chi connectivity index (χ0n) is 16.8. The molecule has 0 spiro atoms. The van der Waals surface area contributed by atoms with Crippen molar-refractivity contribution in [3.8, 4) is 11.3 Å². The lowest BCUT2D eigenvalue weighted by Crippen LogP contribution is -2.36. The molecule has 0 aliphatic carbocycles. The maximum atomic E-state index is 12.7. The SMILES string of the molecule is O=C(CN1C(=O)S/C(=C\c2ccc(-c3cc(C(=O)O)ccc3Cl)o2)C1=O)Nc1ccccc1. The Labute approximate surface area is 196 Å². The van der Waals surface area contributed by atoms with Gasteiger partial charge in [0.05, 0.1) is 15.5 Å². The number of rotatable bonds is 6. The summed E-state index contributed by atoms with van der Waals surface area (Å²) in [5.74, 6) is -1.66. The van der Waals surface area contributed by atoms with Gasteiger partial charge in [-0.25, -0.2) is 4.79 Å². The van der Waals surface area contributed by atoms with Gasteiger partial charge in [0.2, 0.25) is 5.91 Å². The number of carboxylic acid groups (broad SMARTS) is 1. The molecule has 1 aromatic heterocycles. The molecule has 0 atom stereocenters. The number of nitrogens with zero attached hydrogens (tertiary/aromatic N) is 1. The fraction of sp³-hybridized carbons (Fsp3) is 0.0435. The smallest absolute Gasteiger partial charge is 0.335 e. The summed E-state index contributed by atoms with van der Waals surface area (Å²) in [6.07, 6.45) is 1.39. The van der Waals surface area contributed by atoms with Gasteiger partial charge in [-0.1, -0.05) is 29.8 Å². The summed E-state index contributed by atoms with van der Waals surface area (Å²) < 4.78 is 5.70. The Hall–Kier alpha value is -3.82. The van der Waals surface area contributed by atoms with Gasteiger partial charge in [0.15, 0.2) is 0 Å². The van der Waals surface area contributed by atoms with Crippen LogP contribution in [0.15, 0.2) is 70.0 Å². The molecule has 4 rings (SSSR count). The van der Waals surface area contributed by atoms with E-state index in [1.165, 1.54) is 24.3 Å². The molecule has 2 heterocycles. The third-order valence-electron chi connectivity index (χ3n) is 4.61. The Morgan fingerprint density at radius 2 is 1.85 bits per heavy atom. The quantitative estimate of drug-likeness (QED) is 0.476. The number of hydrogen-bond donors (Lipinski definition) is 2. The summed E-state index contributed by atoms with van der Waals surface area (Å²) in [7, 11) is 0. The molecule has 1 fully saturated rings. The molecule has 3 aromatic rings. The number of furan rings is 1. The summed E-state index contributed by atoms with van der Waals surface area (Å²) in [5, 5.41) is 11.5. The van der Waals surface area contributed by atoms with Crippen LogP contribution in [0.2, 0.25) is 5.02 Å². The lowest BCUT2D eigenvalue weighted by Gasteiger charge is -2.12. The van der Waals surface area contributed by atoms with Crippen LogP contribution < -0.4 is 5.32 Å². The van der Waals surface area contributed by atoms with E-state index in [1.54, 1.807) is 42.5 Å². The van der Waals surface area contributed by atoms with E-state index in [2.05, 4.69) is 5.32 Å². The number of benzene rings is 2. The Morgan fingerprint density at radius 3 is 2.58 bits per heavy atom. The number of hydrogen-bond acceptors (Lipinski definition) is 6. The summed E-state index contributed by atoms with van der Waals surface area (Å²) in [6.45, 7) is -0.419. The second-order valence-corrected chi connectivity index (χ2v) is 8.28. The van der Waals surface area contributed by atoms with Crippen molar-refractivity contribution in [1.82, 2.24) is 4.90 Å². The minimum Gasteiger partial charge on any atom is -0.478 e. The molecule has 0 bridgehead atoms. The molecule has 33 heavy (non-hydrogen) atoms. The lowest BCUT2D eigenvalue weighted by atomic mass is 10.1. The van der Waals surface area contributed by atoms with E-state index < -0.39 is 29.6 Å². The van der Waals surface area contributed by atoms with Gasteiger partial charge in [-0.2, -0.15) is 0 Å². The number of aromatic carboxylic acids is 1. The van der Waals surface area contributed by atoms with Gasteiger partial charge in [0.25, 0.3) is 11.1 Å². The lowest BCUT2D eigenvalue weighted by molar-refractivity contribution is -0.127. The second kappa shape index (κ2) is 9.35. The van der Waals surface area contributed by atoms with Crippen molar-refractivity contribution in [2.45, 2.75) is 0 Å². The highest BCUT2D eigenvalue weighted by Gasteiger charge is 2.36. The van der Waals surface area contributed by atoms with Crippen molar-refractivity contribution < 1.29 is 28.7 Å². The first-order chi connectivity index (χ1) is 15.8. The van der Waals surface area contributed by atoms with Crippen molar-refractivity contribution in [2.75, 3.05) is 11.9 Å². The number of carboxylic acids is 1. The van der Waals surface area contributed by atoms with Crippen LogP contribution in [0.25, 0.3) is 17.4 Å². The zero-order valence-corrected chi connectivity index (χ0v) is 18.4. The van der Waals surface area contributed by atoms with Gasteiger partial charge in [0, 0.05) is 17.3 Å². The molecular formula is C23H15ClN2O6S. The van der Waals surface area contributed by atoms with Gasteiger partial charge >= 0.3 is 5.97 Å². The fourth-order valence-electron chi connectivity index (χ4n) is 3.05. The number of imide groups is 1. The van der Waals surface area contributed by atoms with Crippen LogP contribution in [0.3, 0.4) is 0 Å². The molecule has 0 radical (unpaired) electrons. The average Bonchev–Trinajstić information content (AvgIpc) is 3.35. The fourth-order valence-corrected chi connectivity index (χ4v) is 4.08. The molecule has 0 unspecified atom stereocenters. The molecule has 2 aromatic carbocycles. The molecule has 1 saturated heterocycles. The minimum atomic E-state index is -1.11. The number of halogens is 1. The van der Waals surface area contributed by atoms with Crippen molar-refractivity contribution in [2.24, 2.45) is 0 Å². The van der Waals surface area contributed by atoms with E-state index in [0.29, 0.717) is 33.8 Å². The number of amides is 3. The van der Waals surface area contributed by atoms with Gasteiger partial charge in [-0.15, -0.1) is 0 Å². The van der Waals surface area contributed by atoms with E-state index in [4.69, 9.17) is 16.0 Å². The topological polar surface area (TPSA) is 117 Å². The second-order valence-electron chi connectivity index (χ2n) is 6.88. The van der Waals surface area contributed by atoms with E-state index in [9.17, 15) is 24.3 Å². The predicted molar refractivity (Wildman–Crippen MR) is 124 cm³/mol. The number of carbonyl (C=O) groups is 4. The maximum Gasteiger partial charge on any atom is 0.335 e. The van der Waals surface area contributed by atoms with Crippen molar-refractivity contribution in [3.05, 3.63) is 81.9 Å². The molecule has 0 saturated carbocycles. The van der Waals surface area contributed by atoms with Crippen LogP contribution in [0.1, 0.15) is 16.1 Å². The van der Waals surface area contributed by atoms with Crippen molar-refractivity contribution in [1.29, 1.82) is 0 Å². The van der Waals surface area contributed by atoms with Crippen molar-refractivity contribution >= 4 is 58.1 Å². The zero-order chi connectivity index (χ0) is 23.5. The first-order valence-electron chi connectivity index (χ1n) is 9.55. The van der Waals surface area contributed by atoms with Crippen LogP contribution in [0.5, 0.6) is 0 Å². The van der Waals surface area contributed by atoms with Crippen LogP contribution >= 0.6 is 23.4 Å². The highest BCUT2D eigenvalue weighted by Crippen LogP contribution is 2.35. The molecule has 2 N–H and O–H groups in total. The molecule has 1 aliphatic rings. The summed E-state index contributed by atoms with van der Waals surface area (Å²) in [4.78, 5) is 49.4. The van der Waals surface area contributed by atoms with Gasteiger partial charge in [-0.05, 0) is 54.2 Å². The van der Waals surface area contributed by atoms with E-state index in [1.807, 2.05) is 0 Å². The molecule has 166 valence electrons. The highest BCUT2D eigenvalue weighted by atomic mass is 35.5. The Balaban J connectivity index is 1.49. The maximum absolute atomic E-state index is 12.7. The number of anilines is 1. The Kier molecular flexibility index (Phi) is 6.34. The number of carbonyl (C=O) groups excluding carboxylic acids is 3. The number of para-hydroxylation sites is 1. The van der Waals surface area contributed by atoms with Crippen LogP contribution in [0.4, 0.5) is 10.5 Å². The minimum absolute atomic E-state index is 0.0437.